The van der Waals surface area contributed by atoms with Crippen LogP contribution in [0.2, 0.25) is 0 Å². The molecule has 27 heavy (non-hydrogen) atoms. The molecule has 0 aliphatic heterocycles. The van der Waals surface area contributed by atoms with Gasteiger partial charge in [-0.1, -0.05) is 38.1 Å². The minimum atomic E-state index is -0.486. The molecule has 0 atom stereocenters. The molecule has 0 N–H and O–H groups in total. The summed E-state index contributed by atoms with van der Waals surface area (Å²) in [7, 11) is 1.46. The molecule has 0 aliphatic carbocycles. The van der Waals surface area contributed by atoms with E-state index in [9.17, 15) is 10.1 Å². The molecule has 3 aromatic rings. The molecule has 140 valence electrons. The minimum Gasteiger partial charge on any atom is -0.496 e. The van der Waals surface area contributed by atoms with Crippen LogP contribution in [-0.2, 0) is 6.61 Å². The van der Waals surface area contributed by atoms with Crippen LogP contribution in [0.3, 0.4) is 0 Å². The third-order valence-corrected chi connectivity index (χ3v) is 5.05. The lowest BCUT2D eigenvalue weighted by Gasteiger charge is -2.07. The van der Waals surface area contributed by atoms with E-state index < -0.39 is 4.92 Å². The molecule has 0 fully saturated rings. The van der Waals surface area contributed by atoms with Gasteiger partial charge >= 0.3 is 5.69 Å². The standard InChI is InChI=1S/C20H20N2O4S/c1-13(2)14-4-6-15(7-5-14)20-21-16(12-27-20)11-26-19-9-8-17(25-3)10-18(19)22(23)24/h4-10,12-13H,11H2,1-3H3. The van der Waals surface area contributed by atoms with Crippen molar-refractivity contribution in [3.8, 4) is 22.1 Å². The smallest absolute Gasteiger partial charge is 0.314 e. The molecule has 0 aliphatic rings. The maximum absolute atomic E-state index is 11.2. The topological polar surface area (TPSA) is 74.5 Å². The number of hydrogen-bond acceptors (Lipinski definition) is 6. The molecular weight excluding hydrogens is 364 g/mol. The highest BCUT2D eigenvalue weighted by atomic mass is 32.1. The zero-order chi connectivity index (χ0) is 19.4. The van der Waals surface area contributed by atoms with Crippen LogP contribution in [0.15, 0.2) is 47.8 Å². The van der Waals surface area contributed by atoms with Gasteiger partial charge < -0.3 is 9.47 Å². The van der Waals surface area contributed by atoms with Crippen LogP contribution in [0.25, 0.3) is 10.6 Å². The molecule has 0 bridgehead atoms. The van der Waals surface area contributed by atoms with Crippen molar-refractivity contribution in [1.29, 1.82) is 0 Å². The Bertz CT molecular complexity index is 935. The molecule has 0 unspecified atom stereocenters. The number of benzene rings is 2. The van der Waals surface area contributed by atoms with E-state index in [-0.39, 0.29) is 18.0 Å². The molecule has 0 amide bonds. The predicted molar refractivity (Wildman–Crippen MR) is 106 cm³/mol. The molecule has 1 aromatic heterocycles. The first-order chi connectivity index (χ1) is 13.0. The van der Waals surface area contributed by atoms with Crippen molar-refractivity contribution < 1.29 is 14.4 Å². The zero-order valence-electron chi connectivity index (χ0n) is 15.3. The fourth-order valence-electron chi connectivity index (χ4n) is 2.56. The number of thiazole rings is 1. The van der Waals surface area contributed by atoms with Crippen molar-refractivity contribution in [3.05, 3.63) is 69.2 Å². The zero-order valence-corrected chi connectivity index (χ0v) is 16.2. The van der Waals surface area contributed by atoms with Crippen LogP contribution >= 0.6 is 11.3 Å². The highest BCUT2D eigenvalue weighted by Crippen LogP contribution is 2.32. The van der Waals surface area contributed by atoms with Crippen molar-refractivity contribution in [2.45, 2.75) is 26.4 Å². The summed E-state index contributed by atoms with van der Waals surface area (Å²) in [4.78, 5) is 15.3. The van der Waals surface area contributed by atoms with E-state index in [0.29, 0.717) is 11.7 Å². The number of nitro groups is 1. The number of ether oxygens (including phenoxy) is 2. The molecule has 0 saturated heterocycles. The number of aromatic nitrogens is 1. The van der Waals surface area contributed by atoms with Gasteiger partial charge in [0.05, 0.1) is 23.8 Å². The highest BCUT2D eigenvalue weighted by molar-refractivity contribution is 7.13. The number of methoxy groups -OCH3 is 1. The summed E-state index contributed by atoms with van der Waals surface area (Å²) in [5, 5.41) is 14.0. The van der Waals surface area contributed by atoms with Gasteiger partial charge in [0.1, 0.15) is 17.4 Å². The van der Waals surface area contributed by atoms with Gasteiger partial charge in [0, 0.05) is 10.9 Å². The van der Waals surface area contributed by atoms with Gasteiger partial charge in [-0.2, -0.15) is 0 Å². The molecule has 1 heterocycles. The van der Waals surface area contributed by atoms with Gasteiger partial charge in [0.2, 0.25) is 0 Å². The SMILES string of the molecule is COc1ccc(OCc2csc(-c3ccc(C(C)C)cc3)n2)c([N+](=O)[O-])c1. The van der Waals surface area contributed by atoms with Crippen LogP contribution < -0.4 is 9.47 Å². The van der Waals surface area contributed by atoms with Crippen LogP contribution in [0.4, 0.5) is 5.69 Å². The first-order valence-corrected chi connectivity index (χ1v) is 9.36. The lowest BCUT2D eigenvalue weighted by Crippen LogP contribution is -2.00. The normalized spacial score (nSPS) is 10.8. The van der Waals surface area contributed by atoms with Crippen LogP contribution in [0, 0.1) is 10.1 Å². The second kappa shape index (κ2) is 8.18. The summed E-state index contributed by atoms with van der Waals surface area (Å²) in [5.41, 5.74) is 2.93. The lowest BCUT2D eigenvalue weighted by atomic mass is 10.0. The maximum Gasteiger partial charge on any atom is 0.314 e. The summed E-state index contributed by atoms with van der Waals surface area (Å²) in [6.45, 7) is 4.48. The van der Waals surface area contributed by atoms with Crippen molar-refractivity contribution >= 4 is 17.0 Å². The third-order valence-electron chi connectivity index (χ3n) is 4.11. The molecule has 2 aromatic carbocycles. The first kappa shape index (κ1) is 18.8. The number of nitro benzene ring substituents is 1. The van der Waals surface area contributed by atoms with Crippen molar-refractivity contribution in [1.82, 2.24) is 4.98 Å². The Hall–Kier alpha value is -2.93. The Labute approximate surface area is 161 Å². The Balaban J connectivity index is 1.72. The molecule has 7 heteroatoms. The van der Waals surface area contributed by atoms with Gasteiger partial charge in [0.15, 0.2) is 5.75 Å². The van der Waals surface area contributed by atoms with Crippen LogP contribution in [0.1, 0.15) is 31.0 Å². The molecular formula is C20H20N2O4S. The fraction of sp³-hybridized carbons (Fsp3) is 0.250. The average molecular weight is 384 g/mol. The molecule has 3 rings (SSSR count). The summed E-state index contributed by atoms with van der Waals surface area (Å²) in [5.74, 6) is 1.09. The Morgan fingerprint density at radius 2 is 1.93 bits per heavy atom. The molecule has 0 radical (unpaired) electrons. The molecule has 0 spiro atoms. The van der Waals surface area contributed by atoms with Crippen LogP contribution in [0.5, 0.6) is 11.5 Å². The van der Waals surface area contributed by atoms with E-state index >= 15 is 0 Å². The maximum atomic E-state index is 11.2. The summed E-state index contributed by atoms with van der Waals surface area (Å²) in [6, 6.07) is 12.9. The second-order valence-corrected chi connectivity index (χ2v) is 7.16. The van der Waals surface area contributed by atoms with Gasteiger partial charge in [-0.3, -0.25) is 10.1 Å². The average Bonchev–Trinajstić information content (AvgIpc) is 3.15. The quantitative estimate of drug-likeness (QED) is 0.401. The van der Waals surface area contributed by atoms with E-state index in [4.69, 9.17) is 9.47 Å². The largest absolute Gasteiger partial charge is 0.496 e. The van der Waals surface area contributed by atoms with Gasteiger partial charge in [-0.15, -0.1) is 11.3 Å². The van der Waals surface area contributed by atoms with Crippen molar-refractivity contribution in [3.63, 3.8) is 0 Å². The van der Waals surface area contributed by atoms with Gasteiger partial charge in [-0.25, -0.2) is 4.98 Å². The second-order valence-electron chi connectivity index (χ2n) is 6.30. The third kappa shape index (κ3) is 4.43. The summed E-state index contributed by atoms with van der Waals surface area (Å²) < 4.78 is 10.7. The van der Waals surface area contributed by atoms with E-state index in [1.165, 1.54) is 36.1 Å². The summed E-state index contributed by atoms with van der Waals surface area (Å²) >= 11 is 1.52. The Kier molecular flexibility index (Phi) is 5.71. The fourth-order valence-corrected chi connectivity index (χ4v) is 3.37. The monoisotopic (exact) mass is 384 g/mol. The van der Waals surface area contributed by atoms with E-state index in [1.807, 2.05) is 5.38 Å². The van der Waals surface area contributed by atoms with E-state index in [1.54, 1.807) is 6.07 Å². The van der Waals surface area contributed by atoms with E-state index in [0.717, 1.165) is 16.3 Å². The molecule has 6 nitrogen and oxygen atoms in total. The Morgan fingerprint density at radius 3 is 2.56 bits per heavy atom. The number of nitrogens with zero attached hydrogens (tertiary/aromatic N) is 2. The Morgan fingerprint density at radius 1 is 1.19 bits per heavy atom. The van der Waals surface area contributed by atoms with E-state index in [2.05, 4.69) is 43.1 Å². The van der Waals surface area contributed by atoms with Crippen molar-refractivity contribution in [2.75, 3.05) is 7.11 Å². The van der Waals surface area contributed by atoms with Crippen molar-refractivity contribution in [2.24, 2.45) is 0 Å². The van der Waals surface area contributed by atoms with Crippen LogP contribution in [-0.4, -0.2) is 17.0 Å². The minimum absolute atomic E-state index is 0.130. The first-order valence-electron chi connectivity index (χ1n) is 8.48. The van der Waals surface area contributed by atoms with Gasteiger partial charge in [-0.05, 0) is 23.6 Å². The predicted octanol–water partition coefficient (Wildman–Crippen LogP) is 5.43. The lowest BCUT2D eigenvalue weighted by molar-refractivity contribution is -0.386. The summed E-state index contributed by atoms with van der Waals surface area (Å²) in [6.07, 6.45) is 0. The number of hydrogen-bond donors (Lipinski definition) is 0. The van der Waals surface area contributed by atoms with Gasteiger partial charge in [0.25, 0.3) is 0 Å². The highest BCUT2D eigenvalue weighted by Gasteiger charge is 2.17. The molecule has 0 saturated carbocycles. The number of rotatable bonds is 7.